The molecule has 0 amide bonds. The SMILES string of the molecule is COc1ccc(CN2CCC(O)CC2)cc1OCC(O)CN1CCCC1. The Kier molecular flexibility index (Phi) is 7.14. The van der Waals surface area contributed by atoms with E-state index in [1.807, 2.05) is 12.1 Å². The first-order valence-corrected chi connectivity index (χ1v) is 9.74. The average molecular weight is 364 g/mol. The molecule has 2 aliphatic heterocycles. The third-order valence-electron chi connectivity index (χ3n) is 5.29. The standard InChI is InChI=1S/C20H32N2O4/c1-25-19-5-4-16(13-22-10-6-17(23)7-11-22)12-20(19)26-15-18(24)14-21-8-2-3-9-21/h4-5,12,17-18,23-24H,2-3,6-11,13-15H2,1H3. The minimum Gasteiger partial charge on any atom is -0.493 e. The van der Waals surface area contributed by atoms with Crippen LogP contribution in [0.4, 0.5) is 0 Å². The highest BCUT2D eigenvalue weighted by Gasteiger charge is 2.19. The summed E-state index contributed by atoms with van der Waals surface area (Å²) in [6.07, 6.45) is 3.46. The summed E-state index contributed by atoms with van der Waals surface area (Å²) >= 11 is 0. The van der Waals surface area contributed by atoms with Crippen LogP contribution in [0.1, 0.15) is 31.2 Å². The summed E-state index contributed by atoms with van der Waals surface area (Å²) in [4.78, 5) is 4.63. The van der Waals surface area contributed by atoms with Gasteiger partial charge in [0.1, 0.15) is 12.7 Å². The number of likely N-dealkylation sites (tertiary alicyclic amines) is 2. The molecule has 26 heavy (non-hydrogen) atoms. The zero-order valence-electron chi connectivity index (χ0n) is 15.8. The number of aliphatic hydroxyl groups is 2. The Labute approximate surface area is 156 Å². The van der Waals surface area contributed by atoms with Crippen molar-refractivity contribution in [2.24, 2.45) is 0 Å². The van der Waals surface area contributed by atoms with Gasteiger partial charge >= 0.3 is 0 Å². The van der Waals surface area contributed by atoms with Gasteiger partial charge in [0.25, 0.3) is 0 Å². The van der Waals surface area contributed by atoms with E-state index in [0.717, 1.165) is 51.1 Å². The molecule has 1 unspecified atom stereocenters. The topological polar surface area (TPSA) is 65.4 Å². The van der Waals surface area contributed by atoms with Crippen molar-refractivity contribution in [2.75, 3.05) is 46.4 Å². The molecular formula is C20H32N2O4. The lowest BCUT2D eigenvalue weighted by molar-refractivity contribution is 0.0742. The third kappa shape index (κ3) is 5.58. The Morgan fingerprint density at radius 3 is 2.50 bits per heavy atom. The summed E-state index contributed by atoms with van der Waals surface area (Å²) in [7, 11) is 1.63. The van der Waals surface area contributed by atoms with Crippen LogP contribution < -0.4 is 9.47 Å². The summed E-state index contributed by atoms with van der Waals surface area (Å²) in [5, 5.41) is 19.9. The molecule has 1 aromatic rings. The van der Waals surface area contributed by atoms with Gasteiger partial charge in [-0.3, -0.25) is 4.90 Å². The van der Waals surface area contributed by atoms with Crippen molar-refractivity contribution in [3.63, 3.8) is 0 Å². The molecule has 6 heteroatoms. The summed E-state index contributed by atoms with van der Waals surface area (Å²) in [6.45, 7) is 5.74. The van der Waals surface area contributed by atoms with Crippen LogP contribution in [0, 0.1) is 0 Å². The van der Waals surface area contributed by atoms with Gasteiger partial charge in [0, 0.05) is 26.2 Å². The first-order valence-electron chi connectivity index (χ1n) is 9.74. The number of piperidine rings is 1. The first kappa shape index (κ1) is 19.4. The second-order valence-electron chi connectivity index (χ2n) is 7.47. The summed E-state index contributed by atoms with van der Waals surface area (Å²) in [5.41, 5.74) is 1.16. The van der Waals surface area contributed by atoms with Crippen molar-refractivity contribution < 1.29 is 19.7 Å². The molecule has 6 nitrogen and oxygen atoms in total. The molecule has 1 atom stereocenters. The van der Waals surface area contributed by atoms with Crippen LogP contribution in [0.5, 0.6) is 11.5 Å². The van der Waals surface area contributed by atoms with Gasteiger partial charge in [-0.2, -0.15) is 0 Å². The lowest BCUT2D eigenvalue weighted by Gasteiger charge is -2.29. The maximum Gasteiger partial charge on any atom is 0.161 e. The van der Waals surface area contributed by atoms with E-state index in [1.54, 1.807) is 7.11 Å². The Balaban J connectivity index is 1.54. The Bertz CT molecular complexity index is 555. The van der Waals surface area contributed by atoms with Crippen molar-refractivity contribution in [3.05, 3.63) is 23.8 Å². The van der Waals surface area contributed by atoms with Gasteiger partial charge in [-0.25, -0.2) is 0 Å². The largest absolute Gasteiger partial charge is 0.493 e. The van der Waals surface area contributed by atoms with E-state index in [-0.39, 0.29) is 12.7 Å². The third-order valence-corrected chi connectivity index (χ3v) is 5.29. The first-order chi connectivity index (χ1) is 12.6. The molecule has 0 aliphatic carbocycles. The van der Waals surface area contributed by atoms with E-state index in [1.165, 1.54) is 12.8 Å². The zero-order valence-corrected chi connectivity index (χ0v) is 15.8. The van der Waals surface area contributed by atoms with Gasteiger partial charge in [-0.1, -0.05) is 6.07 Å². The monoisotopic (exact) mass is 364 g/mol. The van der Waals surface area contributed by atoms with Crippen LogP contribution in [-0.4, -0.2) is 78.7 Å². The number of methoxy groups -OCH3 is 1. The minimum absolute atomic E-state index is 0.155. The number of hydrogen-bond acceptors (Lipinski definition) is 6. The van der Waals surface area contributed by atoms with Crippen molar-refractivity contribution in [1.29, 1.82) is 0 Å². The van der Waals surface area contributed by atoms with E-state index < -0.39 is 6.10 Å². The van der Waals surface area contributed by atoms with Crippen LogP contribution in [-0.2, 0) is 6.54 Å². The molecule has 2 heterocycles. The lowest BCUT2D eigenvalue weighted by atomic mass is 10.1. The molecule has 0 aromatic heterocycles. The number of benzene rings is 1. The van der Waals surface area contributed by atoms with Crippen LogP contribution >= 0.6 is 0 Å². The van der Waals surface area contributed by atoms with Crippen LogP contribution in [0.15, 0.2) is 18.2 Å². The highest BCUT2D eigenvalue weighted by molar-refractivity contribution is 5.43. The van der Waals surface area contributed by atoms with Crippen LogP contribution in [0.2, 0.25) is 0 Å². The minimum atomic E-state index is -0.495. The second kappa shape index (κ2) is 9.55. The molecule has 2 aliphatic rings. The Hall–Kier alpha value is -1.34. The fourth-order valence-electron chi connectivity index (χ4n) is 3.77. The summed E-state index contributed by atoms with van der Waals surface area (Å²) in [5.74, 6) is 1.37. The molecule has 2 saturated heterocycles. The molecule has 2 fully saturated rings. The van der Waals surface area contributed by atoms with Gasteiger partial charge in [0.05, 0.1) is 13.2 Å². The average Bonchev–Trinajstić information content (AvgIpc) is 3.15. The number of rotatable bonds is 8. The van der Waals surface area contributed by atoms with Crippen molar-refractivity contribution >= 4 is 0 Å². The molecule has 0 saturated carbocycles. The summed E-state index contributed by atoms with van der Waals surface area (Å²) in [6, 6.07) is 5.99. The van der Waals surface area contributed by atoms with Crippen molar-refractivity contribution in [3.8, 4) is 11.5 Å². The molecule has 3 rings (SSSR count). The predicted molar refractivity (Wildman–Crippen MR) is 101 cm³/mol. The second-order valence-corrected chi connectivity index (χ2v) is 7.47. The molecule has 2 N–H and O–H groups in total. The highest BCUT2D eigenvalue weighted by atomic mass is 16.5. The maximum absolute atomic E-state index is 10.3. The molecule has 146 valence electrons. The van der Waals surface area contributed by atoms with Crippen molar-refractivity contribution in [2.45, 2.75) is 44.4 Å². The van der Waals surface area contributed by atoms with E-state index in [4.69, 9.17) is 9.47 Å². The smallest absolute Gasteiger partial charge is 0.161 e. The van der Waals surface area contributed by atoms with Gasteiger partial charge in [0.2, 0.25) is 0 Å². The van der Waals surface area contributed by atoms with E-state index >= 15 is 0 Å². The predicted octanol–water partition coefficient (Wildman–Crippen LogP) is 1.49. The fourth-order valence-corrected chi connectivity index (χ4v) is 3.77. The number of aliphatic hydroxyl groups excluding tert-OH is 2. The normalized spacial score (nSPS) is 21.0. The molecule has 0 bridgehead atoms. The Morgan fingerprint density at radius 1 is 1.08 bits per heavy atom. The van der Waals surface area contributed by atoms with E-state index in [0.29, 0.717) is 18.0 Å². The van der Waals surface area contributed by atoms with Gasteiger partial charge in [0.15, 0.2) is 11.5 Å². The zero-order chi connectivity index (χ0) is 18.4. The quantitative estimate of drug-likeness (QED) is 0.729. The number of nitrogens with zero attached hydrogens (tertiary/aromatic N) is 2. The summed E-state index contributed by atoms with van der Waals surface area (Å²) < 4.78 is 11.3. The number of ether oxygens (including phenoxy) is 2. The van der Waals surface area contributed by atoms with E-state index in [9.17, 15) is 10.2 Å². The van der Waals surface area contributed by atoms with Gasteiger partial charge in [-0.15, -0.1) is 0 Å². The highest BCUT2D eigenvalue weighted by Crippen LogP contribution is 2.29. The van der Waals surface area contributed by atoms with Crippen LogP contribution in [0.3, 0.4) is 0 Å². The fraction of sp³-hybridized carbons (Fsp3) is 0.700. The maximum atomic E-state index is 10.3. The lowest BCUT2D eigenvalue weighted by Crippen LogP contribution is -2.35. The number of β-amino-alcohol motifs (C(OH)–C–C–N with tert-alkyl or cyclic N) is 1. The van der Waals surface area contributed by atoms with Gasteiger partial charge < -0.3 is 24.6 Å². The van der Waals surface area contributed by atoms with Crippen LogP contribution in [0.25, 0.3) is 0 Å². The molecule has 0 spiro atoms. The Morgan fingerprint density at radius 2 is 1.81 bits per heavy atom. The van der Waals surface area contributed by atoms with E-state index in [2.05, 4.69) is 15.9 Å². The molecule has 1 aromatic carbocycles. The number of hydrogen-bond donors (Lipinski definition) is 2. The molecular weight excluding hydrogens is 332 g/mol. The van der Waals surface area contributed by atoms with Gasteiger partial charge in [-0.05, 0) is 56.5 Å². The molecule has 0 radical (unpaired) electrons. The van der Waals surface area contributed by atoms with Crippen molar-refractivity contribution in [1.82, 2.24) is 9.80 Å².